The van der Waals surface area contributed by atoms with E-state index in [0.29, 0.717) is 38.4 Å². The van der Waals surface area contributed by atoms with Crippen molar-refractivity contribution in [1.82, 2.24) is 15.1 Å². The van der Waals surface area contributed by atoms with Crippen LogP contribution in [0.3, 0.4) is 0 Å². The molecule has 0 saturated carbocycles. The van der Waals surface area contributed by atoms with Crippen molar-refractivity contribution in [3.8, 4) is 0 Å². The summed E-state index contributed by atoms with van der Waals surface area (Å²) in [5.41, 5.74) is 2.28. The van der Waals surface area contributed by atoms with E-state index in [1.165, 1.54) is 0 Å². The number of carbonyl (C=O) groups excluding carboxylic acids is 2. The van der Waals surface area contributed by atoms with Crippen LogP contribution >= 0.6 is 0 Å². The first-order chi connectivity index (χ1) is 12.6. The van der Waals surface area contributed by atoms with Crippen molar-refractivity contribution in [2.24, 2.45) is 0 Å². The van der Waals surface area contributed by atoms with Crippen molar-refractivity contribution in [2.45, 2.75) is 13.8 Å². The second kappa shape index (κ2) is 7.95. The summed E-state index contributed by atoms with van der Waals surface area (Å²) in [4.78, 5) is 29.1. The van der Waals surface area contributed by atoms with Gasteiger partial charge in [-0.1, -0.05) is 12.1 Å². The van der Waals surface area contributed by atoms with Crippen molar-refractivity contribution < 1.29 is 9.59 Å². The molecular weight excluding hydrogens is 330 g/mol. The third-order valence-electron chi connectivity index (χ3n) is 4.53. The van der Waals surface area contributed by atoms with Gasteiger partial charge in [-0.3, -0.25) is 9.59 Å². The number of hydrogen-bond acceptors (Lipinski definition) is 5. The Labute approximate surface area is 153 Å². The van der Waals surface area contributed by atoms with E-state index in [-0.39, 0.29) is 5.91 Å². The molecule has 1 saturated heterocycles. The Morgan fingerprint density at radius 2 is 1.92 bits per heavy atom. The molecule has 0 unspecified atom stereocenters. The lowest BCUT2D eigenvalue weighted by Crippen LogP contribution is -2.46. The average Bonchev–Trinajstić information content (AvgIpc) is 2.69. The fourth-order valence-electron chi connectivity index (χ4n) is 3.04. The molecule has 2 heterocycles. The number of anilines is 2. The number of aromatic nitrogens is 2. The summed E-state index contributed by atoms with van der Waals surface area (Å²) in [5, 5.41) is 8.37. The van der Waals surface area contributed by atoms with Gasteiger partial charge in [0.25, 0.3) is 5.91 Å². The number of nitrogens with zero attached hydrogens (tertiary/aromatic N) is 5. The molecule has 1 aliphatic rings. The normalized spacial score (nSPS) is 14.2. The lowest BCUT2D eigenvalue weighted by molar-refractivity contribution is -0.118. The SMILES string of the molecule is CCN(C(=O)c1ccc(N2CCN(C=O)CC2)nn1)c1cccc(C)c1. The van der Waals surface area contributed by atoms with Gasteiger partial charge in [0.05, 0.1) is 0 Å². The summed E-state index contributed by atoms with van der Waals surface area (Å²) < 4.78 is 0. The fraction of sp³-hybridized carbons (Fsp3) is 0.368. The first-order valence-corrected chi connectivity index (χ1v) is 8.79. The van der Waals surface area contributed by atoms with Crippen molar-refractivity contribution in [3.63, 3.8) is 0 Å². The largest absolute Gasteiger partial charge is 0.352 e. The van der Waals surface area contributed by atoms with Gasteiger partial charge in [-0.25, -0.2) is 0 Å². The van der Waals surface area contributed by atoms with E-state index < -0.39 is 0 Å². The number of rotatable bonds is 5. The predicted molar refractivity (Wildman–Crippen MR) is 100 cm³/mol. The summed E-state index contributed by atoms with van der Waals surface area (Å²) in [6, 6.07) is 11.4. The Hall–Kier alpha value is -2.96. The van der Waals surface area contributed by atoms with E-state index in [4.69, 9.17) is 0 Å². The van der Waals surface area contributed by atoms with Crippen LogP contribution in [0.25, 0.3) is 0 Å². The topological polar surface area (TPSA) is 69.6 Å². The molecule has 3 rings (SSSR count). The van der Waals surface area contributed by atoms with Crippen LogP contribution in [0.5, 0.6) is 0 Å². The summed E-state index contributed by atoms with van der Waals surface area (Å²) >= 11 is 0. The van der Waals surface area contributed by atoms with Gasteiger partial charge >= 0.3 is 0 Å². The molecule has 0 radical (unpaired) electrons. The minimum Gasteiger partial charge on any atom is -0.352 e. The summed E-state index contributed by atoms with van der Waals surface area (Å²) in [6.07, 6.45) is 0.870. The number of amides is 2. The van der Waals surface area contributed by atoms with Crippen LogP contribution in [0, 0.1) is 6.92 Å². The van der Waals surface area contributed by atoms with Gasteiger partial charge in [0, 0.05) is 38.4 Å². The quantitative estimate of drug-likeness (QED) is 0.766. The second-order valence-electron chi connectivity index (χ2n) is 6.29. The minimum atomic E-state index is -0.164. The lowest BCUT2D eigenvalue weighted by Gasteiger charge is -2.33. The van der Waals surface area contributed by atoms with Gasteiger partial charge in [0.1, 0.15) is 0 Å². The Morgan fingerprint density at radius 1 is 1.15 bits per heavy atom. The van der Waals surface area contributed by atoms with Crippen LogP contribution in [0.15, 0.2) is 36.4 Å². The van der Waals surface area contributed by atoms with E-state index in [0.717, 1.165) is 23.5 Å². The van der Waals surface area contributed by atoms with Gasteiger partial charge in [0.15, 0.2) is 11.5 Å². The predicted octanol–water partition coefficient (Wildman–Crippen LogP) is 1.73. The molecule has 2 amide bonds. The molecule has 1 aromatic heterocycles. The van der Waals surface area contributed by atoms with E-state index in [1.54, 1.807) is 15.9 Å². The molecule has 0 aliphatic carbocycles. The van der Waals surface area contributed by atoms with E-state index in [9.17, 15) is 9.59 Å². The van der Waals surface area contributed by atoms with Crippen LogP contribution in [-0.2, 0) is 4.79 Å². The fourth-order valence-corrected chi connectivity index (χ4v) is 3.04. The van der Waals surface area contributed by atoms with Crippen LogP contribution in [0.1, 0.15) is 23.0 Å². The molecule has 0 N–H and O–H groups in total. The smallest absolute Gasteiger partial charge is 0.278 e. The number of hydrogen-bond donors (Lipinski definition) is 0. The zero-order valence-electron chi connectivity index (χ0n) is 15.1. The van der Waals surface area contributed by atoms with Crippen LogP contribution in [-0.4, -0.2) is 60.1 Å². The zero-order chi connectivity index (χ0) is 18.5. The van der Waals surface area contributed by atoms with Gasteiger partial charge < -0.3 is 14.7 Å². The molecule has 2 aromatic rings. The maximum atomic E-state index is 12.8. The molecule has 1 fully saturated rings. The van der Waals surface area contributed by atoms with Crippen molar-refractivity contribution in [1.29, 1.82) is 0 Å². The highest BCUT2D eigenvalue weighted by atomic mass is 16.2. The lowest BCUT2D eigenvalue weighted by atomic mass is 10.2. The molecule has 0 bridgehead atoms. The summed E-state index contributed by atoms with van der Waals surface area (Å²) in [6.45, 7) is 7.26. The molecule has 0 atom stereocenters. The minimum absolute atomic E-state index is 0.164. The van der Waals surface area contributed by atoms with Gasteiger partial charge in [0.2, 0.25) is 6.41 Å². The van der Waals surface area contributed by atoms with Gasteiger partial charge in [-0.2, -0.15) is 0 Å². The highest BCUT2D eigenvalue weighted by Gasteiger charge is 2.20. The number of aryl methyl sites for hydroxylation is 1. The second-order valence-corrected chi connectivity index (χ2v) is 6.29. The van der Waals surface area contributed by atoms with Crippen molar-refractivity contribution in [3.05, 3.63) is 47.7 Å². The van der Waals surface area contributed by atoms with Crippen molar-refractivity contribution >= 4 is 23.8 Å². The third kappa shape index (κ3) is 3.82. The van der Waals surface area contributed by atoms with Gasteiger partial charge in [-0.15, -0.1) is 10.2 Å². The Kier molecular flexibility index (Phi) is 5.46. The Morgan fingerprint density at radius 3 is 2.50 bits per heavy atom. The maximum Gasteiger partial charge on any atom is 0.278 e. The average molecular weight is 353 g/mol. The highest BCUT2D eigenvalue weighted by Crippen LogP contribution is 2.19. The standard InChI is InChI=1S/C19H23N5O2/c1-3-24(16-6-4-5-15(2)13-16)19(26)17-7-8-18(21-20-17)23-11-9-22(14-25)10-12-23/h4-8,13-14H,3,9-12H2,1-2H3. The molecular formula is C19H23N5O2. The highest BCUT2D eigenvalue weighted by molar-refractivity contribution is 6.04. The molecule has 1 aromatic carbocycles. The summed E-state index contributed by atoms with van der Waals surface area (Å²) in [5.74, 6) is 0.564. The summed E-state index contributed by atoms with van der Waals surface area (Å²) in [7, 11) is 0. The van der Waals surface area contributed by atoms with E-state index in [1.807, 2.05) is 44.2 Å². The Bertz CT molecular complexity index is 770. The van der Waals surface area contributed by atoms with E-state index in [2.05, 4.69) is 15.1 Å². The first kappa shape index (κ1) is 17.8. The molecule has 1 aliphatic heterocycles. The maximum absolute atomic E-state index is 12.8. The number of piperazine rings is 1. The monoisotopic (exact) mass is 353 g/mol. The third-order valence-corrected chi connectivity index (χ3v) is 4.53. The molecule has 0 spiro atoms. The zero-order valence-corrected chi connectivity index (χ0v) is 15.1. The Balaban J connectivity index is 1.73. The number of benzene rings is 1. The van der Waals surface area contributed by atoms with Crippen LogP contribution in [0.4, 0.5) is 11.5 Å². The van der Waals surface area contributed by atoms with Crippen LogP contribution < -0.4 is 9.80 Å². The molecule has 7 nitrogen and oxygen atoms in total. The van der Waals surface area contributed by atoms with Crippen LogP contribution in [0.2, 0.25) is 0 Å². The molecule has 7 heteroatoms. The van der Waals surface area contributed by atoms with Gasteiger partial charge in [-0.05, 0) is 43.7 Å². The molecule has 136 valence electrons. The molecule has 26 heavy (non-hydrogen) atoms. The number of carbonyl (C=O) groups is 2. The first-order valence-electron chi connectivity index (χ1n) is 8.79. The van der Waals surface area contributed by atoms with E-state index >= 15 is 0 Å². The van der Waals surface area contributed by atoms with Crippen molar-refractivity contribution in [2.75, 3.05) is 42.5 Å².